The third-order valence-electron chi connectivity index (χ3n) is 2.96. The molecule has 1 N–H and O–H groups in total. The van der Waals surface area contributed by atoms with Gasteiger partial charge in [0.2, 0.25) is 0 Å². The van der Waals surface area contributed by atoms with Crippen LogP contribution in [0.15, 0.2) is 0 Å². The first kappa shape index (κ1) is 14.0. The Kier molecular flexibility index (Phi) is 3.87. The van der Waals surface area contributed by atoms with Gasteiger partial charge in [-0.3, -0.25) is 0 Å². The number of rotatable bonds is 2. The van der Waals surface area contributed by atoms with Gasteiger partial charge in [0, 0.05) is 13.1 Å². The molecule has 0 aromatic heterocycles. The van der Waals surface area contributed by atoms with E-state index in [1.54, 1.807) is 4.90 Å². The van der Waals surface area contributed by atoms with Crippen molar-refractivity contribution in [3.8, 4) is 0 Å². The van der Waals surface area contributed by atoms with Crippen molar-refractivity contribution in [2.45, 2.75) is 57.8 Å². The highest BCUT2D eigenvalue weighted by molar-refractivity contribution is 5.70. The molecule has 2 rings (SSSR count). The first-order valence-corrected chi connectivity index (χ1v) is 6.78. The van der Waals surface area contributed by atoms with Crippen molar-refractivity contribution in [1.82, 2.24) is 10.2 Å². The van der Waals surface area contributed by atoms with Crippen LogP contribution in [0.25, 0.3) is 0 Å². The zero-order chi connectivity index (χ0) is 14.0. The molecule has 2 aliphatic rings. The zero-order valence-electron chi connectivity index (χ0n) is 11.8. The lowest BCUT2D eigenvalue weighted by molar-refractivity contribution is 0.0502. The van der Waals surface area contributed by atoms with E-state index in [0.717, 1.165) is 19.3 Å². The van der Waals surface area contributed by atoms with Crippen LogP contribution in [0.1, 0.15) is 40.0 Å². The average molecular weight is 270 g/mol. The summed E-state index contributed by atoms with van der Waals surface area (Å²) in [5.41, 5.74) is -0.507. The van der Waals surface area contributed by atoms with Gasteiger partial charge in [-0.15, -0.1) is 0 Å². The predicted molar refractivity (Wildman–Crippen MR) is 68.9 cm³/mol. The van der Waals surface area contributed by atoms with E-state index in [-0.39, 0.29) is 18.2 Å². The van der Waals surface area contributed by atoms with Crippen LogP contribution in [0.2, 0.25) is 0 Å². The Labute approximate surface area is 113 Å². The summed E-state index contributed by atoms with van der Waals surface area (Å²) in [5, 5.41) is 2.78. The van der Waals surface area contributed by atoms with E-state index < -0.39 is 11.7 Å². The number of amides is 2. The largest absolute Gasteiger partial charge is 0.446 e. The Balaban J connectivity index is 1.72. The molecule has 0 aromatic rings. The van der Waals surface area contributed by atoms with Gasteiger partial charge in [0.25, 0.3) is 0 Å². The molecule has 1 saturated carbocycles. The number of hydrogen-bond acceptors (Lipinski definition) is 4. The number of hydrogen-bond donors (Lipinski definition) is 1. The van der Waals surface area contributed by atoms with Crippen LogP contribution in [0.4, 0.5) is 9.59 Å². The van der Waals surface area contributed by atoms with E-state index in [2.05, 4.69) is 5.32 Å². The molecule has 0 radical (unpaired) electrons. The van der Waals surface area contributed by atoms with Crippen molar-refractivity contribution in [3.63, 3.8) is 0 Å². The lowest BCUT2D eigenvalue weighted by Crippen LogP contribution is -2.41. The van der Waals surface area contributed by atoms with Gasteiger partial charge in [-0.25, -0.2) is 9.59 Å². The Bertz CT molecular complexity index is 360. The van der Waals surface area contributed by atoms with Crippen molar-refractivity contribution >= 4 is 12.2 Å². The lowest BCUT2D eigenvalue weighted by atomic mass is 10.2. The minimum Gasteiger partial charge on any atom is -0.446 e. The first-order valence-electron chi connectivity index (χ1n) is 6.78. The number of nitrogens with zero attached hydrogens (tertiary/aromatic N) is 1. The first-order chi connectivity index (χ1) is 8.83. The summed E-state index contributed by atoms with van der Waals surface area (Å²) >= 11 is 0. The average Bonchev–Trinajstić information content (AvgIpc) is 2.93. The summed E-state index contributed by atoms with van der Waals surface area (Å²) in [6.07, 6.45) is 2.09. The van der Waals surface area contributed by atoms with Gasteiger partial charge >= 0.3 is 12.2 Å². The Morgan fingerprint density at radius 1 is 1.21 bits per heavy atom. The highest BCUT2D eigenvalue weighted by Crippen LogP contribution is 2.25. The molecule has 0 bridgehead atoms. The summed E-state index contributed by atoms with van der Waals surface area (Å²) in [7, 11) is 0. The number of alkyl carbamates (subject to hydrolysis) is 1. The van der Waals surface area contributed by atoms with Gasteiger partial charge in [0.15, 0.2) is 0 Å². The van der Waals surface area contributed by atoms with Gasteiger partial charge in [0.1, 0.15) is 11.7 Å². The quantitative estimate of drug-likeness (QED) is 0.832. The maximum absolute atomic E-state index is 11.7. The molecule has 0 aromatic carbocycles. The number of likely N-dealkylation sites (tertiary alicyclic amines) is 1. The molecule has 0 unspecified atom stereocenters. The molecule has 19 heavy (non-hydrogen) atoms. The summed E-state index contributed by atoms with van der Waals surface area (Å²) in [5.74, 6) is 0. The summed E-state index contributed by atoms with van der Waals surface area (Å²) < 4.78 is 10.4. The van der Waals surface area contributed by atoms with E-state index in [9.17, 15) is 9.59 Å². The molecule has 2 fully saturated rings. The Hall–Kier alpha value is -1.46. The number of carbonyl (C=O) groups is 2. The minimum absolute atomic E-state index is 0.0541. The smallest absolute Gasteiger partial charge is 0.410 e. The van der Waals surface area contributed by atoms with Crippen LogP contribution in [0.5, 0.6) is 0 Å². The highest BCUT2D eigenvalue weighted by atomic mass is 16.6. The minimum atomic E-state index is -0.507. The molecule has 1 heterocycles. The summed E-state index contributed by atoms with van der Waals surface area (Å²) in [4.78, 5) is 25.0. The normalized spacial score (nSPS) is 23.1. The van der Waals surface area contributed by atoms with Crippen molar-refractivity contribution < 1.29 is 19.1 Å². The summed E-state index contributed by atoms with van der Waals surface area (Å²) in [6, 6.07) is -0.0541. The van der Waals surface area contributed by atoms with Gasteiger partial charge in [0.05, 0.1) is 6.04 Å². The molecule has 1 aliphatic carbocycles. The second kappa shape index (κ2) is 5.27. The van der Waals surface area contributed by atoms with Crippen molar-refractivity contribution in [2.24, 2.45) is 0 Å². The fourth-order valence-corrected chi connectivity index (χ4v) is 1.92. The Morgan fingerprint density at radius 2 is 1.89 bits per heavy atom. The number of nitrogens with one attached hydrogen (secondary N) is 1. The maximum Gasteiger partial charge on any atom is 0.410 e. The topological polar surface area (TPSA) is 67.9 Å². The van der Waals surface area contributed by atoms with Gasteiger partial charge < -0.3 is 19.7 Å². The second-order valence-corrected chi connectivity index (χ2v) is 6.16. The molecule has 2 amide bonds. The maximum atomic E-state index is 11.7. The molecule has 0 spiro atoms. The Morgan fingerprint density at radius 3 is 2.47 bits per heavy atom. The lowest BCUT2D eigenvalue weighted by Gasteiger charge is -2.22. The zero-order valence-corrected chi connectivity index (χ0v) is 11.8. The molecule has 1 atom stereocenters. The molecular formula is C13H22N2O4. The van der Waals surface area contributed by atoms with Crippen LogP contribution < -0.4 is 5.32 Å². The molecular weight excluding hydrogens is 248 g/mol. The van der Waals surface area contributed by atoms with E-state index in [1.165, 1.54) is 0 Å². The summed E-state index contributed by atoms with van der Waals surface area (Å²) in [6.45, 7) is 6.57. The van der Waals surface area contributed by atoms with Crippen LogP contribution in [0.3, 0.4) is 0 Å². The van der Waals surface area contributed by atoms with Crippen molar-refractivity contribution in [3.05, 3.63) is 0 Å². The van der Waals surface area contributed by atoms with Crippen LogP contribution >= 0.6 is 0 Å². The highest BCUT2D eigenvalue weighted by Gasteiger charge is 2.33. The number of ether oxygens (including phenoxy) is 2. The SMILES string of the molecule is CC(C)(C)OC(=O)N[C@@H]1CCN(C(=O)OC2CC2)C1. The number of carbonyl (C=O) groups excluding carboxylic acids is 2. The third-order valence-corrected chi connectivity index (χ3v) is 2.96. The van der Waals surface area contributed by atoms with E-state index in [1.807, 2.05) is 20.8 Å². The van der Waals surface area contributed by atoms with E-state index in [4.69, 9.17) is 9.47 Å². The predicted octanol–water partition coefficient (Wildman–Crippen LogP) is 1.88. The van der Waals surface area contributed by atoms with Gasteiger partial charge in [-0.2, -0.15) is 0 Å². The van der Waals surface area contributed by atoms with Crippen molar-refractivity contribution in [1.29, 1.82) is 0 Å². The van der Waals surface area contributed by atoms with Crippen molar-refractivity contribution in [2.75, 3.05) is 13.1 Å². The fourth-order valence-electron chi connectivity index (χ4n) is 1.92. The van der Waals surface area contributed by atoms with Gasteiger partial charge in [-0.05, 0) is 40.0 Å². The van der Waals surface area contributed by atoms with E-state index in [0.29, 0.717) is 13.1 Å². The monoisotopic (exact) mass is 270 g/mol. The van der Waals surface area contributed by atoms with Crippen LogP contribution in [0, 0.1) is 0 Å². The molecule has 108 valence electrons. The standard InChI is InChI=1S/C13H22N2O4/c1-13(2,3)19-11(16)14-9-6-7-15(8-9)12(17)18-10-4-5-10/h9-10H,4-8H2,1-3H3,(H,14,16)/t9-/m1/s1. The molecule has 1 aliphatic heterocycles. The van der Waals surface area contributed by atoms with Gasteiger partial charge in [-0.1, -0.05) is 0 Å². The second-order valence-electron chi connectivity index (χ2n) is 6.16. The molecule has 6 heteroatoms. The third kappa shape index (κ3) is 4.61. The van der Waals surface area contributed by atoms with Crippen LogP contribution in [-0.4, -0.2) is 47.9 Å². The van der Waals surface area contributed by atoms with E-state index >= 15 is 0 Å². The fraction of sp³-hybridized carbons (Fsp3) is 0.846. The van der Waals surface area contributed by atoms with Crippen LogP contribution in [-0.2, 0) is 9.47 Å². The molecule has 6 nitrogen and oxygen atoms in total. The molecule has 1 saturated heterocycles.